The van der Waals surface area contributed by atoms with E-state index in [0.717, 1.165) is 29.2 Å². The summed E-state index contributed by atoms with van der Waals surface area (Å²) in [5, 5.41) is 0. The van der Waals surface area contributed by atoms with Gasteiger partial charge in [0, 0.05) is 16.9 Å². The normalized spacial score (nSPS) is 24.2. The molecule has 0 N–H and O–H groups in total. The summed E-state index contributed by atoms with van der Waals surface area (Å²) in [4.78, 5) is 2.34. The lowest BCUT2D eigenvalue weighted by Gasteiger charge is -2.48. The molecule has 1 spiro atoms. The largest absolute Gasteiger partial charge is 0.493 e. The molecule has 0 aliphatic carbocycles. The Morgan fingerprint density at radius 2 is 1.69 bits per heavy atom. The van der Waals surface area contributed by atoms with Crippen LogP contribution < -0.4 is 14.4 Å². The number of anilines is 2. The lowest BCUT2D eigenvalue weighted by Crippen LogP contribution is -2.58. The van der Waals surface area contributed by atoms with Gasteiger partial charge in [-0.15, -0.1) is 0 Å². The van der Waals surface area contributed by atoms with E-state index in [0.29, 0.717) is 0 Å². The zero-order chi connectivity index (χ0) is 20.1. The third-order valence-electron chi connectivity index (χ3n) is 6.56. The first-order valence-corrected chi connectivity index (χ1v) is 10.1. The van der Waals surface area contributed by atoms with Crippen molar-refractivity contribution in [1.82, 2.24) is 0 Å². The predicted molar refractivity (Wildman–Crippen MR) is 118 cm³/mol. The predicted octanol–water partition coefficient (Wildman–Crippen LogP) is 6.32. The zero-order valence-electron chi connectivity index (χ0n) is 17.1. The van der Waals surface area contributed by atoms with Crippen LogP contribution >= 0.6 is 0 Å². The van der Waals surface area contributed by atoms with Gasteiger partial charge in [-0.1, -0.05) is 55.5 Å². The summed E-state index contributed by atoms with van der Waals surface area (Å²) >= 11 is 0. The Labute approximate surface area is 172 Å². The SMILES string of the molecule is CCC1(C)c2ccccc2N(c2ccccc2)C12C=Cc1cccc(OC)c1O2. The van der Waals surface area contributed by atoms with Gasteiger partial charge in [0.05, 0.1) is 12.5 Å². The van der Waals surface area contributed by atoms with Crippen LogP contribution in [-0.2, 0) is 5.41 Å². The lowest BCUT2D eigenvalue weighted by molar-refractivity contribution is 0.0486. The number of benzene rings is 3. The third-order valence-corrected chi connectivity index (χ3v) is 6.56. The van der Waals surface area contributed by atoms with Crippen LogP contribution in [0.3, 0.4) is 0 Å². The molecule has 0 bridgehead atoms. The van der Waals surface area contributed by atoms with Crippen LogP contribution in [0.15, 0.2) is 78.9 Å². The minimum Gasteiger partial charge on any atom is -0.493 e. The van der Waals surface area contributed by atoms with Gasteiger partial charge in [-0.3, -0.25) is 4.90 Å². The first-order chi connectivity index (χ1) is 14.1. The maximum atomic E-state index is 6.97. The van der Waals surface area contributed by atoms with Crippen molar-refractivity contribution in [3.8, 4) is 11.5 Å². The van der Waals surface area contributed by atoms with Crippen molar-refractivity contribution in [1.29, 1.82) is 0 Å². The summed E-state index contributed by atoms with van der Waals surface area (Å²) in [6.45, 7) is 4.54. The Kier molecular flexibility index (Phi) is 3.95. The highest BCUT2D eigenvalue weighted by molar-refractivity contribution is 5.80. The molecule has 2 heterocycles. The third kappa shape index (κ3) is 2.30. The van der Waals surface area contributed by atoms with E-state index in [1.54, 1.807) is 7.11 Å². The topological polar surface area (TPSA) is 21.7 Å². The molecule has 0 radical (unpaired) electrons. The number of ether oxygens (including phenoxy) is 2. The summed E-state index contributed by atoms with van der Waals surface area (Å²) in [6, 6.07) is 25.2. The molecule has 3 aromatic carbocycles. The molecule has 3 heteroatoms. The highest BCUT2D eigenvalue weighted by Gasteiger charge is 2.61. The van der Waals surface area contributed by atoms with Gasteiger partial charge < -0.3 is 9.47 Å². The quantitative estimate of drug-likeness (QED) is 0.528. The second-order valence-electron chi connectivity index (χ2n) is 7.88. The molecule has 0 aromatic heterocycles. The first-order valence-electron chi connectivity index (χ1n) is 10.1. The monoisotopic (exact) mass is 383 g/mol. The lowest BCUT2D eigenvalue weighted by atomic mass is 9.72. The second kappa shape index (κ2) is 6.41. The summed E-state index contributed by atoms with van der Waals surface area (Å²) in [5.74, 6) is 1.56. The smallest absolute Gasteiger partial charge is 0.216 e. The Balaban J connectivity index is 1.80. The minimum atomic E-state index is -0.686. The van der Waals surface area contributed by atoms with Crippen molar-refractivity contribution < 1.29 is 9.47 Å². The van der Waals surface area contributed by atoms with Crippen molar-refractivity contribution in [3.63, 3.8) is 0 Å². The van der Waals surface area contributed by atoms with E-state index < -0.39 is 5.72 Å². The molecule has 146 valence electrons. The fraction of sp³-hybridized carbons (Fsp3) is 0.231. The van der Waals surface area contributed by atoms with Crippen LogP contribution in [0.4, 0.5) is 11.4 Å². The number of hydrogen-bond donors (Lipinski definition) is 0. The van der Waals surface area contributed by atoms with E-state index in [2.05, 4.69) is 85.5 Å². The van der Waals surface area contributed by atoms with E-state index in [-0.39, 0.29) is 5.41 Å². The molecule has 2 aliphatic rings. The Morgan fingerprint density at radius 1 is 0.931 bits per heavy atom. The molecule has 29 heavy (non-hydrogen) atoms. The standard InChI is InChI=1S/C26H25NO2/c1-4-25(2)21-14-8-9-15-22(21)27(20-12-6-5-7-13-20)26(25)18-17-19-11-10-16-23(28-3)24(19)29-26/h5-18H,4H2,1-3H3. The molecule has 0 saturated heterocycles. The van der Waals surface area contributed by atoms with Crippen LogP contribution in [-0.4, -0.2) is 12.8 Å². The summed E-state index contributed by atoms with van der Waals surface area (Å²) in [6.07, 6.45) is 5.34. The van der Waals surface area contributed by atoms with Gasteiger partial charge in [0.1, 0.15) is 0 Å². The average Bonchev–Trinajstić information content (AvgIpc) is 2.99. The Hall–Kier alpha value is -3.20. The molecular weight excluding hydrogens is 358 g/mol. The molecule has 0 saturated carbocycles. The maximum Gasteiger partial charge on any atom is 0.216 e. The van der Waals surface area contributed by atoms with Gasteiger partial charge in [0.2, 0.25) is 5.72 Å². The van der Waals surface area contributed by atoms with Gasteiger partial charge in [-0.05, 0) is 55.3 Å². The van der Waals surface area contributed by atoms with Crippen molar-refractivity contribution in [2.45, 2.75) is 31.4 Å². The van der Waals surface area contributed by atoms with Crippen molar-refractivity contribution in [2.75, 3.05) is 12.0 Å². The first kappa shape index (κ1) is 17.9. The molecule has 3 nitrogen and oxygen atoms in total. The van der Waals surface area contributed by atoms with Gasteiger partial charge in [0.15, 0.2) is 11.5 Å². The minimum absolute atomic E-state index is 0.242. The van der Waals surface area contributed by atoms with Gasteiger partial charge in [-0.2, -0.15) is 0 Å². The van der Waals surface area contributed by atoms with Crippen molar-refractivity contribution in [2.24, 2.45) is 0 Å². The fourth-order valence-electron chi connectivity index (χ4n) is 4.85. The number of fused-ring (bicyclic) bond motifs is 2. The van der Waals surface area contributed by atoms with E-state index in [1.165, 1.54) is 11.3 Å². The second-order valence-corrected chi connectivity index (χ2v) is 7.88. The van der Waals surface area contributed by atoms with Gasteiger partial charge in [0.25, 0.3) is 0 Å². The van der Waals surface area contributed by atoms with Crippen LogP contribution in [0.2, 0.25) is 0 Å². The highest BCUT2D eigenvalue weighted by Crippen LogP contribution is 2.59. The van der Waals surface area contributed by atoms with E-state index >= 15 is 0 Å². The average molecular weight is 383 g/mol. The highest BCUT2D eigenvalue weighted by atomic mass is 16.5. The fourth-order valence-corrected chi connectivity index (χ4v) is 4.85. The van der Waals surface area contributed by atoms with Gasteiger partial charge in [-0.25, -0.2) is 0 Å². The molecule has 0 amide bonds. The van der Waals surface area contributed by atoms with E-state index in [1.807, 2.05) is 18.2 Å². The van der Waals surface area contributed by atoms with E-state index in [9.17, 15) is 0 Å². The molecule has 2 unspecified atom stereocenters. The summed E-state index contributed by atoms with van der Waals surface area (Å²) < 4.78 is 12.6. The molecular formula is C26H25NO2. The van der Waals surface area contributed by atoms with Crippen molar-refractivity contribution >= 4 is 17.5 Å². The summed E-state index contributed by atoms with van der Waals surface area (Å²) in [5.41, 5.74) is 3.71. The number of methoxy groups -OCH3 is 1. The zero-order valence-corrected chi connectivity index (χ0v) is 17.1. The molecule has 5 rings (SSSR count). The van der Waals surface area contributed by atoms with Gasteiger partial charge >= 0.3 is 0 Å². The molecule has 0 fully saturated rings. The molecule has 2 atom stereocenters. The maximum absolute atomic E-state index is 6.97. The summed E-state index contributed by atoms with van der Waals surface area (Å²) in [7, 11) is 1.70. The number of para-hydroxylation sites is 3. The number of hydrogen-bond acceptors (Lipinski definition) is 3. The number of nitrogens with zero attached hydrogens (tertiary/aromatic N) is 1. The van der Waals surface area contributed by atoms with Crippen LogP contribution in [0.25, 0.3) is 6.08 Å². The molecule has 3 aromatic rings. The van der Waals surface area contributed by atoms with E-state index in [4.69, 9.17) is 9.47 Å². The van der Waals surface area contributed by atoms with Crippen LogP contribution in [0.5, 0.6) is 11.5 Å². The van der Waals surface area contributed by atoms with Crippen LogP contribution in [0.1, 0.15) is 31.4 Å². The Bertz CT molecular complexity index is 1090. The Morgan fingerprint density at radius 3 is 2.45 bits per heavy atom. The number of rotatable bonds is 3. The molecule has 2 aliphatic heterocycles. The van der Waals surface area contributed by atoms with Crippen molar-refractivity contribution in [3.05, 3.63) is 90.0 Å². The van der Waals surface area contributed by atoms with Crippen LogP contribution in [0, 0.1) is 0 Å².